The Kier molecular flexibility index (Phi) is 49.8. The molecule has 0 rings (SSSR count). The fraction of sp³-hybridized carbons (Fsp3) is 0.957. The lowest BCUT2D eigenvalue weighted by atomic mass is 10.0. The van der Waals surface area contributed by atoms with E-state index < -0.39 is 12.1 Å². The maximum absolute atomic E-state index is 11.5. The summed E-state index contributed by atoms with van der Waals surface area (Å²) in [5.74, 6) is -0.925. The molecule has 318 valence electrons. The summed E-state index contributed by atoms with van der Waals surface area (Å²) in [4.78, 5) is 21.8. The van der Waals surface area contributed by atoms with Crippen LogP contribution in [0.15, 0.2) is 0 Å². The van der Waals surface area contributed by atoms with Gasteiger partial charge in [0, 0.05) is 12.8 Å². The van der Waals surface area contributed by atoms with Crippen LogP contribution < -0.4 is 0 Å². The molecule has 0 aromatic heterocycles. The molecule has 0 aromatic carbocycles. The van der Waals surface area contributed by atoms with Gasteiger partial charge in [0.25, 0.3) is 0 Å². The second-order valence-corrected chi connectivity index (χ2v) is 16.1. The van der Waals surface area contributed by atoms with Crippen LogP contribution in [-0.2, 0) is 14.3 Å². The average molecular weight is 755 g/mol. The first-order valence-corrected chi connectivity index (χ1v) is 23.6. The number of aliphatic hydroxyl groups is 2. The number of carboxylic acids is 1. The largest absolute Gasteiger partial charge is 0.481 e. The van der Waals surface area contributed by atoms with Crippen molar-refractivity contribution in [3.63, 3.8) is 0 Å². The number of carbonyl (C=O) groups is 2. The van der Waals surface area contributed by atoms with E-state index in [1.807, 2.05) is 0 Å². The van der Waals surface area contributed by atoms with Crippen molar-refractivity contribution in [3.05, 3.63) is 0 Å². The summed E-state index contributed by atoms with van der Waals surface area (Å²) in [6.45, 7) is 4.09. The van der Waals surface area contributed by atoms with Gasteiger partial charge in [0.05, 0.1) is 6.61 Å². The molecule has 0 amide bonds. The number of carbonyl (C=O) groups excluding carboxylic acids is 1. The van der Waals surface area contributed by atoms with Crippen LogP contribution in [0.4, 0.5) is 0 Å². The molecule has 0 aliphatic carbocycles. The molecular formula is C47H94O6. The molecule has 0 heterocycles. The van der Waals surface area contributed by atoms with E-state index in [1.165, 1.54) is 218 Å². The maximum atomic E-state index is 11.5. The summed E-state index contributed by atoms with van der Waals surface area (Å²) in [5.41, 5.74) is 0. The van der Waals surface area contributed by atoms with Gasteiger partial charge in [-0.2, -0.15) is 0 Å². The van der Waals surface area contributed by atoms with E-state index in [0.717, 1.165) is 25.7 Å². The van der Waals surface area contributed by atoms with Crippen LogP contribution >= 0.6 is 0 Å². The maximum Gasteiger partial charge on any atom is 0.305 e. The summed E-state index contributed by atoms with van der Waals surface area (Å²) < 4.78 is 4.90. The molecule has 0 saturated heterocycles. The molecule has 3 N–H and O–H groups in total. The molecule has 0 radical (unpaired) electrons. The molecule has 0 aromatic rings. The zero-order valence-corrected chi connectivity index (χ0v) is 35.8. The van der Waals surface area contributed by atoms with E-state index >= 15 is 0 Å². The molecule has 0 spiro atoms. The molecule has 0 saturated carbocycles. The zero-order valence-electron chi connectivity index (χ0n) is 35.8. The SMILES string of the molecule is CCCCCCCCCCCCCCCCCC(=O)O.CCCCCCCCCCCCCCCCCCCCCCCCCC(=O)OCC(O)CO. The van der Waals surface area contributed by atoms with Gasteiger partial charge >= 0.3 is 11.9 Å². The van der Waals surface area contributed by atoms with E-state index in [9.17, 15) is 9.59 Å². The molecule has 1 atom stereocenters. The molecule has 0 aliphatic heterocycles. The first-order chi connectivity index (χ1) is 26.0. The molecular weight excluding hydrogens is 661 g/mol. The Balaban J connectivity index is 0. The van der Waals surface area contributed by atoms with Crippen molar-refractivity contribution in [1.29, 1.82) is 0 Å². The number of esters is 1. The Morgan fingerprint density at radius 3 is 0.849 bits per heavy atom. The van der Waals surface area contributed by atoms with Crippen LogP contribution in [0.2, 0.25) is 0 Å². The quantitative estimate of drug-likeness (QED) is 0.0423. The highest BCUT2D eigenvalue weighted by Gasteiger charge is 2.07. The summed E-state index contributed by atoms with van der Waals surface area (Å²) in [7, 11) is 0. The third-order valence-electron chi connectivity index (χ3n) is 10.6. The van der Waals surface area contributed by atoms with Crippen LogP contribution in [0.25, 0.3) is 0 Å². The van der Waals surface area contributed by atoms with Gasteiger partial charge in [-0.25, -0.2) is 0 Å². The van der Waals surface area contributed by atoms with E-state index in [-0.39, 0.29) is 19.2 Å². The van der Waals surface area contributed by atoms with Crippen molar-refractivity contribution in [1.82, 2.24) is 0 Å². The number of carboxylic acid groups (broad SMARTS) is 1. The lowest BCUT2D eigenvalue weighted by Gasteiger charge is -2.08. The Labute approximate surface area is 330 Å². The van der Waals surface area contributed by atoms with E-state index in [2.05, 4.69) is 13.8 Å². The second kappa shape index (κ2) is 48.9. The average Bonchev–Trinajstić information content (AvgIpc) is 3.15. The number of hydrogen-bond acceptors (Lipinski definition) is 5. The van der Waals surface area contributed by atoms with Gasteiger partial charge in [0.1, 0.15) is 12.7 Å². The summed E-state index contributed by atoms with van der Waals surface area (Å²) >= 11 is 0. The molecule has 1 unspecified atom stereocenters. The number of aliphatic hydroxyl groups excluding tert-OH is 2. The number of hydrogen-bond donors (Lipinski definition) is 3. The summed E-state index contributed by atoms with van der Waals surface area (Å²) in [6.07, 6.45) is 51.0. The third kappa shape index (κ3) is 53.0. The highest BCUT2D eigenvalue weighted by Crippen LogP contribution is 2.16. The fourth-order valence-electron chi connectivity index (χ4n) is 7.02. The minimum atomic E-state index is -0.955. The standard InChI is InChI=1S/C29H58O4.C18H36O2/c1-2-3-4-5-6-7-8-9-10-11-12-13-14-15-16-17-18-19-20-21-22-23-24-25-29(32)33-27-28(31)26-30;1-2-3-4-5-6-7-8-9-10-11-12-13-14-15-16-17-18(19)20/h28,30-31H,2-27H2,1H3;2-17H2,1H3,(H,19,20). The van der Waals surface area contributed by atoms with Gasteiger partial charge in [-0.05, 0) is 12.8 Å². The Morgan fingerprint density at radius 1 is 0.396 bits per heavy atom. The van der Waals surface area contributed by atoms with Gasteiger partial charge in [0.2, 0.25) is 0 Å². The summed E-state index contributed by atoms with van der Waals surface area (Å²) in [6, 6.07) is 0. The van der Waals surface area contributed by atoms with Crippen molar-refractivity contribution in [3.8, 4) is 0 Å². The predicted octanol–water partition coefficient (Wildman–Crippen LogP) is 14.6. The van der Waals surface area contributed by atoms with Crippen molar-refractivity contribution in [2.75, 3.05) is 13.2 Å². The van der Waals surface area contributed by atoms with Crippen LogP contribution in [0.3, 0.4) is 0 Å². The van der Waals surface area contributed by atoms with Crippen LogP contribution in [0.5, 0.6) is 0 Å². The monoisotopic (exact) mass is 755 g/mol. The molecule has 53 heavy (non-hydrogen) atoms. The minimum absolute atomic E-state index is 0.102. The highest BCUT2D eigenvalue weighted by molar-refractivity contribution is 5.69. The fourth-order valence-corrected chi connectivity index (χ4v) is 7.02. The number of unbranched alkanes of at least 4 members (excludes halogenated alkanes) is 36. The van der Waals surface area contributed by atoms with Gasteiger partial charge in [0.15, 0.2) is 0 Å². The van der Waals surface area contributed by atoms with E-state index in [0.29, 0.717) is 12.8 Å². The first-order valence-electron chi connectivity index (χ1n) is 23.6. The minimum Gasteiger partial charge on any atom is -0.481 e. The molecule has 0 bridgehead atoms. The topological polar surface area (TPSA) is 104 Å². The normalized spacial score (nSPS) is 11.7. The second-order valence-electron chi connectivity index (χ2n) is 16.1. The smallest absolute Gasteiger partial charge is 0.305 e. The van der Waals surface area contributed by atoms with Crippen LogP contribution in [0.1, 0.15) is 271 Å². The van der Waals surface area contributed by atoms with Gasteiger partial charge < -0.3 is 20.1 Å². The Hall–Kier alpha value is -1.14. The molecule has 0 fully saturated rings. The van der Waals surface area contributed by atoms with Crippen LogP contribution in [0, 0.1) is 0 Å². The number of aliphatic carboxylic acids is 1. The van der Waals surface area contributed by atoms with Gasteiger partial charge in [-0.15, -0.1) is 0 Å². The third-order valence-corrected chi connectivity index (χ3v) is 10.6. The van der Waals surface area contributed by atoms with E-state index in [1.54, 1.807) is 0 Å². The Bertz CT molecular complexity index is 699. The first kappa shape index (κ1) is 54.0. The number of ether oxygens (including phenoxy) is 1. The van der Waals surface area contributed by atoms with Crippen molar-refractivity contribution < 1.29 is 29.6 Å². The summed E-state index contributed by atoms with van der Waals surface area (Å²) in [5, 5.41) is 26.3. The highest BCUT2D eigenvalue weighted by atomic mass is 16.5. The lowest BCUT2D eigenvalue weighted by molar-refractivity contribution is -0.147. The van der Waals surface area contributed by atoms with Crippen LogP contribution in [-0.4, -0.2) is 46.6 Å². The Morgan fingerprint density at radius 2 is 0.623 bits per heavy atom. The van der Waals surface area contributed by atoms with Gasteiger partial charge in [-0.1, -0.05) is 245 Å². The molecule has 0 aliphatic rings. The molecule has 6 heteroatoms. The number of rotatable bonds is 43. The van der Waals surface area contributed by atoms with Gasteiger partial charge in [-0.3, -0.25) is 9.59 Å². The van der Waals surface area contributed by atoms with E-state index in [4.69, 9.17) is 20.1 Å². The lowest BCUT2D eigenvalue weighted by Crippen LogP contribution is -2.21. The molecule has 6 nitrogen and oxygen atoms in total. The van der Waals surface area contributed by atoms with Crippen molar-refractivity contribution in [2.24, 2.45) is 0 Å². The zero-order chi connectivity index (χ0) is 39.1. The predicted molar refractivity (Wildman–Crippen MR) is 228 cm³/mol. The van der Waals surface area contributed by atoms with Crippen molar-refractivity contribution >= 4 is 11.9 Å². The van der Waals surface area contributed by atoms with Crippen molar-refractivity contribution in [2.45, 2.75) is 277 Å².